The van der Waals surface area contributed by atoms with Crippen LogP contribution >= 0.6 is 0 Å². The minimum Gasteiger partial charge on any atom is -0.441 e. The number of allylic oxidation sites excluding steroid dienone is 2. The number of aromatic nitrogens is 1. The zero-order chi connectivity index (χ0) is 20.9. The molecule has 0 atom stereocenters. The Morgan fingerprint density at radius 2 is 1.60 bits per heavy atom. The monoisotopic (exact) mass is 398 g/mol. The van der Waals surface area contributed by atoms with Gasteiger partial charge in [-0.05, 0) is 42.3 Å². The predicted octanol–water partition coefficient (Wildman–Crippen LogP) is 4.98. The van der Waals surface area contributed by atoms with E-state index in [1.54, 1.807) is 6.08 Å². The number of oxazole rings is 1. The molecule has 0 saturated carbocycles. The standard InChI is InChI=1S/C24H18N2O4/c1-16-20(25-23(29-16)19-7-3-2-4-8-19)15-14-18-12-10-17(11-13-18)6-5-9-21-22(27)26-24(28)30-21/h2-15H,1H3,(H,26,27,28)/b6-5+,15-14?,21-9+. The highest BCUT2D eigenvalue weighted by Crippen LogP contribution is 2.22. The summed E-state index contributed by atoms with van der Waals surface area (Å²) in [5.41, 5.74) is 3.68. The normalized spacial score (nSPS) is 15.3. The van der Waals surface area contributed by atoms with Gasteiger partial charge in [-0.2, -0.15) is 0 Å². The lowest BCUT2D eigenvalue weighted by molar-refractivity contribution is -0.116. The van der Waals surface area contributed by atoms with Gasteiger partial charge in [-0.25, -0.2) is 9.78 Å². The molecular weight excluding hydrogens is 380 g/mol. The molecule has 6 nitrogen and oxygen atoms in total. The van der Waals surface area contributed by atoms with Gasteiger partial charge in [0.25, 0.3) is 5.91 Å². The second-order valence-electron chi connectivity index (χ2n) is 6.56. The molecule has 1 aliphatic rings. The number of nitrogens with one attached hydrogen (secondary N) is 1. The van der Waals surface area contributed by atoms with Crippen LogP contribution in [0.25, 0.3) is 29.7 Å². The van der Waals surface area contributed by atoms with Gasteiger partial charge in [0.2, 0.25) is 5.89 Å². The van der Waals surface area contributed by atoms with Crippen LogP contribution in [0.2, 0.25) is 0 Å². The summed E-state index contributed by atoms with van der Waals surface area (Å²) in [6, 6.07) is 17.6. The molecular formula is C24H18N2O4. The largest absolute Gasteiger partial charge is 0.441 e. The van der Waals surface area contributed by atoms with Crippen LogP contribution < -0.4 is 5.32 Å². The number of cyclic esters (lactones) is 1. The first kappa shape index (κ1) is 19.1. The lowest BCUT2D eigenvalue weighted by Gasteiger charge is -1.96. The summed E-state index contributed by atoms with van der Waals surface area (Å²) in [5, 5.41) is 2.04. The highest BCUT2D eigenvalue weighted by atomic mass is 16.6. The topological polar surface area (TPSA) is 81.4 Å². The van der Waals surface area contributed by atoms with Crippen LogP contribution in [0.5, 0.6) is 0 Å². The van der Waals surface area contributed by atoms with Gasteiger partial charge in [0.1, 0.15) is 11.5 Å². The van der Waals surface area contributed by atoms with Crippen molar-refractivity contribution in [3.05, 3.63) is 95.1 Å². The maximum absolute atomic E-state index is 11.4. The van der Waals surface area contributed by atoms with E-state index in [2.05, 4.69) is 4.98 Å². The number of carbonyl (C=O) groups excluding carboxylic acids is 2. The zero-order valence-corrected chi connectivity index (χ0v) is 16.2. The van der Waals surface area contributed by atoms with Gasteiger partial charge >= 0.3 is 6.09 Å². The number of aryl methyl sites for hydroxylation is 1. The lowest BCUT2D eigenvalue weighted by atomic mass is 10.1. The Hall–Kier alpha value is -4.19. The van der Waals surface area contributed by atoms with Gasteiger partial charge in [-0.15, -0.1) is 0 Å². The first-order valence-corrected chi connectivity index (χ1v) is 9.31. The number of ether oxygens (including phenoxy) is 1. The highest BCUT2D eigenvalue weighted by molar-refractivity contribution is 6.07. The SMILES string of the molecule is Cc1oc(-c2ccccc2)nc1C=Cc1ccc(/C=C/C=C2/OC(=O)NC2=O)cc1. The number of hydrogen-bond donors (Lipinski definition) is 1. The predicted molar refractivity (Wildman–Crippen MR) is 114 cm³/mol. The molecule has 0 radical (unpaired) electrons. The molecule has 4 rings (SSSR count). The molecule has 1 aliphatic heterocycles. The summed E-state index contributed by atoms with van der Waals surface area (Å²) in [6.07, 6.45) is 8.06. The fourth-order valence-electron chi connectivity index (χ4n) is 2.84. The van der Waals surface area contributed by atoms with Crippen LogP contribution in [0.3, 0.4) is 0 Å². The Labute approximate surface area is 173 Å². The Balaban J connectivity index is 1.43. The van der Waals surface area contributed by atoms with Crippen LogP contribution in [0.15, 0.2) is 76.9 Å². The van der Waals surface area contributed by atoms with E-state index in [-0.39, 0.29) is 5.76 Å². The van der Waals surface area contributed by atoms with E-state index in [1.807, 2.05) is 85.1 Å². The third-order valence-corrected chi connectivity index (χ3v) is 4.40. The minimum atomic E-state index is -0.756. The molecule has 1 saturated heterocycles. The molecule has 0 aliphatic carbocycles. The van der Waals surface area contributed by atoms with Gasteiger partial charge in [-0.1, -0.05) is 60.7 Å². The van der Waals surface area contributed by atoms with Crippen LogP contribution in [0.4, 0.5) is 4.79 Å². The van der Waals surface area contributed by atoms with Crippen molar-refractivity contribution >= 4 is 30.2 Å². The van der Waals surface area contributed by atoms with Crippen molar-refractivity contribution in [1.29, 1.82) is 0 Å². The number of hydrogen-bond acceptors (Lipinski definition) is 5. The molecule has 2 amide bonds. The summed E-state index contributed by atoms with van der Waals surface area (Å²) in [4.78, 5) is 26.9. The van der Waals surface area contributed by atoms with E-state index in [1.165, 1.54) is 6.08 Å². The molecule has 30 heavy (non-hydrogen) atoms. The minimum absolute atomic E-state index is 0.0198. The molecule has 3 aromatic rings. The van der Waals surface area contributed by atoms with Crippen molar-refractivity contribution in [3.63, 3.8) is 0 Å². The maximum atomic E-state index is 11.4. The highest BCUT2D eigenvalue weighted by Gasteiger charge is 2.25. The fraction of sp³-hybridized carbons (Fsp3) is 0.0417. The lowest BCUT2D eigenvalue weighted by Crippen LogP contribution is -2.18. The summed E-state index contributed by atoms with van der Waals surface area (Å²) < 4.78 is 10.5. The van der Waals surface area contributed by atoms with E-state index in [0.29, 0.717) is 5.89 Å². The van der Waals surface area contributed by atoms with Crippen molar-refractivity contribution in [2.75, 3.05) is 0 Å². The van der Waals surface area contributed by atoms with E-state index in [4.69, 9.17) is 9.15 Å². The Bertz CT molecular complexity index is 1170. The summed E-state index contributed by atoms with van der Waals surface area (Å²) in [6.45, 7) is 1.89. The van der Waals surface area contributed by atoms with Crippen molar-refractivity contribution < 1.29 is 18.7 Å². The van der Waals surface area contributed by atoms with Crippen LogP contribution in [-0.4, -0.2) is 17.0 Å². The van der Waals surface area contributed by atoms with Gasteiger partial charge in [0, 0.05) is 5.56 Å². The average Bonchev–Trinajstić information content (AvgIpc) is 3.29. The van der Waals surface area contributed by atoms with Crippen molar-refractivity contribution in [3.8, 4) is 11.5 Å². The molecule has 0 spiro atoms. The number of carbonyl (C=O) groups is 2. The van der Waals surface area contributed by atoms with E-state index < -0.39 is 12.0 Å². The molecule has 2 heterocycles. The zero-order valence-electron chi connectivity index (χ0n) is 16.2. The van der Waals surface area contributed by atoms with Crippen molar-refractivity contribution in [1.82, 2.24) is 10.3 Å². The fourth-order valence-corrected chi connectivity index (χ4v) is 2.84. The molecule has 1 fully saturated rings. The third kappa shape index (κ3) is 4.44. The van der Waals surface area contributed by atoms with E-state index >= 15 is 0 Å². The summed E-state index contributed by atoms with van der Waals surface area (Å²) in [7, 11) is 0. The summed E-state index contributed by atoms with van der Waals surface area (Å²) in [5.74, 6) is 0.802. The van der Waals surface area contributed by atoms with Crippen molar-refractivity contribution in [2.24, 2.45) is 0 Å². The molecule has 2 aromatic carbocycles. The number of alkyl carbamates (subject to hydrolysis) is 1. The van der Waals surface area contributed by atoms with E-state index in [9.17, 15) is 9.59 Å². The number of rotatable bonds is 5. The second-order valence-corrected chi connectivity index (χ2v) is 6.56. The molecule has 1 N–H and O–H groups in total. The summed E-state index contributed by atoms with van der Waals surface area (Å²) >= 11 is 0. The first-order chi connectivity index (χ1) is 14.6. The van der Waals surface area contributed by atoms with Gasteiger partial charge in [0.15, 0.2) is 5.76 Å². The van der Waals surface area contributed by atoms with Crippen molar-refractivity contribution in [2.45, 2.75) is 6.92 Å². The molecule has 0 unspecified atom stereocenters. The number of benzene rings is 2. The van der Waals surface area contributed by atoms with Crippen LogP contribution in [-0.2, 0) is 9.53 Å². The Morgan fingerprint density at radius 1 is 0.900 bits per heavy atom. The molecule has 0 bridgehead atoms. The molecule has 6 heteroatoms. The maximum Gasteiger partial charge on any atom is 0.419 e. The van der Waals surface area contributed by atoms with Gasteiger partial charge < -0.3 is 9.15 Å². The number of imide groups is 1. The average molecular weight is 398 g/mol. The molecule has 1 aromatic heterocycles. The van der Waals surface area contributed by atoms with Crippen LogP contribution in [0, 0.1) is 6.92 Å². The van der Waals surface area contributed by atoms with Crippen LogP contribution in [0.1, 0.15) is 22.6 Å². The van der Waals surface area contributed by atoms with Gasteiger partial charge in [-0.3, -0.25) is 10.1 Å². The van der Waals surface area contributed by atoms with E-state index in [0.717, 1.165) is 28.1 Å². The number of amides is 2. The second kappa shape index (κ2) is 8.45. The Kier molecular flexibility index (Phi) is 5.39. The smallest absolute Gasteiger partial charge is 0.419 e. The Morgan fingerprint density at radius 3 is 2.27 bits per heavy atom. The number of nitrogens with zero attached hydrogens (tertiary/aromatic N) is 1. The first-order valence-electron chi connectivity index (χ1n) is 9.31. The van der Waals surface area contributed by atoms with Gasteiger partial charge in [0.05, 0.1) is 0 Å². The third-order valence-electron chi connectivity index (χ3n) is 4.40. The molecule has 148 valence electrons. The quantitative estimate of drug-likeness (QED) is 0.613.